The highest BCUT2D eigenvalue weighted by atomic mass is 31.0. The molecule has 0 amide bonds. The summed E-state index contributed by atoms with van der Waals surface area (Å²) in [7, 11) is 2.90. The zero-order chi connectivity index (χ0) is 49.5. The molecule has 0 saturated carbocycles. The lowest BCUT2D eigenvalue weighted by molar-refractivity contribution is 0.585. The number of nitrogens with zero attached hydrogens (tertiary/aromatic N) is 3. The van der Waals surface area contributed by atoms with Crippen LogP contribution in [0.3, 0.4) is 0 Å². The smallest absolute Gasteiger partial charge is 0.0538 e. The van der Waals surface area contributed by atoms with E-state index in [0.717, 1.165) is 65.8 Å². The van der Waals surface area contributed by atoms with Gasteiger partial charge in [0.05, 0.1) is 22.6 Å². The molecule has 356 valence electrons. The molecule has 2 aliphatic carbocycles. The van der Waals surface area contributed by atoms with Crippen LogP contribution in [-0.4, -0.2) is 4.57 Å². The zero-order valence-corrected chi connectivity index (χ0v) is 44.2. The number of benzene rings is 7. The van der Waals surface area contributed by atoms with Gasteiger partial charge in [-0.1, -0.05) is 120 Å². The van der Waals surface area contributed by atoms with Crippen LogP contribution in [0.4, 0.5) is 39.8 Å². The van der Waals surface area contributed by atoms with Crippen LogP contribution in [0.5, 0.6) is 0 Å². The molecule has 0 bridgehead atoms. The lowest BCUT2D eigenvalue weighted by Gasteiger charge is -2.39. The number of aryl methyl sites for hydroxylation is 3. The van der Waals surface area contributed by atoms with Gasteiger partial charge in [0.15, 0.2) is 0 Å². The molecule has 0 radical (unpaired) electrons. The van der Waals surface area contributed by atoms with Crippen molar-refractivity contribution in [3.8, 4) is 16.8 Å². The quantitative estimate of drug-likeness (QED) is 0.128. The van der Waals surface area contributed by atoms with Gasteiger partial charge in [0.2, 0.25) is 0 Å². The highest BCUT2D eigenvalue weighted by Crippen LogP contribution is 2.53. The van der Waals surface area contributed by atoms with E-state index in [1.54, 1.807) is 0 Å². The molecule has 3 aliphatic rings. The predicted octanol–water partition coefficient (Wildman–Crippen LogP) is 17.4. The molecule has 7 aromatic carbocycles. The zero-order valence-electron chi connectivity index (χ0n) is 43.0. The maximum absolute atomic E-state index is 6.52. The second kappa shape index (κ2) is 17.8. The van der Waals surface area contributed by atoms with Crippen molar-refractivity contribution in [1.29, 1.82) is 0 Å². The Morgan fingerprint density at radius 2 is 1.32 bits per heavy atom. The number of nitrogens with two attached hydrogens (primary N) is 1. The third-order valence-electron chi connectivity index (χ3n) is 15.3. The minimum atomic E-state index is -0.0690. The first-order valence-corrected chi connectivity index (χ1v) is 26.1. The van der Waals surface area contributed by atoms with Crippen molar-refractivity contribution in [2.45, 2.75) is 105 Å². The Kier molecular flexibility index (Phi) is 11.6. The van der Waals surface area contributed by atoms with E-state index in [1.165, 1.54) is 100 Å². The number of nitrogen functional groups attached to an aromatic ring is 1. The third kappa shape index (κ3) is 8.45. The summed E-state index contributed by atoms with van der Waals surface area (Å²) in [5.41, 5.74) is 33.7. The topological polar surface area (TPSA) is 37.4 Å². The van der Waals surface area contributed by atoms with E-state index >= 15 is 0 Å². The minimum Gasteiger partial charge on any atom is -0.399 e. The number of rotatable bonds is 7. The van der Waals surface area contributed by atoms with E-state index in [0.29, 0.717) is 0 Å². The molecule has 0 spiro atoms. The highest BCUT2D eigenvalue weighted by molar-refractivity contribution is 7.27. The molecule has 2 N–H and O–H groups in total. The Balaban J connectivity index is 1.26. The van der Waals surface area contributed by atoms with E-state index in [4.69, 9.17) is 5.73 Å². The van der Waals surface area contributed by atoms with Gasteiger partial charge in [-0.05, 0) is 197 Å². The molecule has 5 heteroatoms. The fourth-order valence-corrected chi connectivity index (χ4v) is 12.1. The molecular formula is C66H67N4P. The summed E-state index contributed by atoms with van der Waals surface area (Å²) in [5.74, 6) is 0. The van der Waals surface area contributed by atoms with Crippen LogP contribution >= 0.6 is 9.24 Å². The first-order valence-electron chi connectivity index (χ1n) is 25.6. The van der Waals surface area contributed by atoms with Crippen LogP contribution in [0.25, 0.3) is 33.8 Å². The van der Waals surface area contributed by atoms with Gasteiger partial charge < -0.3 is 20.1 Å². The molecule has 0 fully saturated rings. The number of aromatic nitrogens is 1. The van der Waals surface area contributed by atoms with Crippen LogP contribution in [0.1, 0.15) is 111 Å². The first-order chi connectivity index (χ1) is 34.0. The minimum absolute atomic E-state index is 0.0419. The summed E-state index contributed by atoms with van der Waals surface area (Å²) in [6.45, 7) is 20.9. The average molecular weight is 947 g/mol. The Hall–Kier alpha value is -6.87. The fourth-order valence-electron chi connectivity index (χ4n) is 11.9. The lowest BCUT2D eigenvalue weighted by Crippen LogP contribution is -2.24. The van der Waals surface area contributed by atoms with Crippen LogP contribution in [-0.2, 0) is 23.7 Å². The number of allylic oxidation sites excluding steroid dienone is 5. The first kappa shape index (κ1) is 46.5. The van der Waals surface area contributed by atoms with Gasteiger partial charge in [-0.25, -0.2) is 0 Å². The van der Waals surface area contributed by atoms with Gasteiger partial charge in [0.25, 0.3) is 0 Å². The van der Waals surface area contributed by atoms with Crippen molar-refractivity contribution in [2.75, 3.05) is 15.5 Å². The number of anilines is 7. The molecule has 0 saturated heterocycles. The van der Waals surface area contributed by atoms with Crippen LogP contribution in [0.2, 0.25) is 0 Å². The Bertz CT molecular complexity index is 3500. The largest absolute Gasteiger partial charge is 0.399 e. The van der Waals surface area contributed by atoms with Crippen LogP contribution in [0.15, 0.2) is 163 Å². The van der Waals surface area contributed by atoms with Crippen molar-refractivity contribution < 1.29 is 0 Å². The summed E-state index contributed by atoms with van der Waals surface area (Å²) in [5, 5.41) is 2.44. The normalized spacial score (nSPS) is 14.5. The molecule has 1 atom stereocenters. The van der Waals surface area contributed by atoms with Gasteiger partial charge in [-0.2, -0.15) is 0 Å². The molecule has 2 heterocycles. The van der Waals surface area contributed by atoms with Crippen LogP contribution in [0, 0.1) is 20.8 Å². The maximum Gasteiger partial charge on any atom is 0.0538 e. The van der Waals surface area contributed by atoms with E-state index in [2.05, 4.69) is 244 Å². The van der Waals surface area contributed by atoms with Crippen molar-refractivity contribution in [3.63, 3.8) is 0 Å². The highest BCUT2D eigenvalue weighted by Gasteiger charge is 2.34. The summed E-state index contributed by atoms with van der Waals surface area (Å²) in [6, 6.07) is 50.4. The van der Waals surface area contributed by atoms with Gasteiger partial charge in [-0.3, -0.25) is 0 Å². The lowest BCUT2D eigenvalue weighted by atomic mass is 9.81. The molecule has 1 aromatic heterocycles. The van der Waals surface area contributed by atoms with E-state index in [1.807, 2.05) is 0 Å². The van der Waals surface area contributed by atoms with Crippen molar-refractivity contribution in [3.05, 3.63) is 213 Å². The van der Waals surface area contributed by atoms with E-state index < -0.39 is 0 Å². The van der Waals surface area contributed by atoms with Gasteiger partial charge >= 0.3 is 0 Å². The Morgan fingerprint density at radius 3 is 2.03 bits per heavy atom. The number of hydrogen-bond acceptors (Lipinski definition) is 3. The molecular weight excluding hydrogens is 880 g/mol. The molecule has 4 nitrogen and oxygen atoms in total. The standard InChI is InChI=1S/C66H67N4P/c1-41-32-43(3)61(39-57(41)65(4,5)6)68(50-24-22-49(67)23-25-50)63-37-52(38-64-56(63)36-48-33-42(2)58(66(7,8)9)40-62(48)69(64)51-26-28-53(71)29-27-51)70-59-30-20-46(44-16-12-10-13-17-44)34-54(59)55-35-47(21-31-60(55)70)45-18-14-11-15-19-45/h10-14,16-18,20,22-30,32-35,37-40H,15,19,21,31,36,67,71H2,1-9H3. The second-order valence-electron chi connectivity index (χ2n) is 22.4. The Morgan fingerprint density at radius 1 is 0.606 bits per heavy atom. The predicted molar refractivity (Wildman–Crippen MR) is 309 cm³/mol. The van der Waals surface area contributed by atoms with Crippen molar-refractivity contribution in [2.24, 2.45) is 0 Å². The van der Waals surface area contributed by atoms with Crippen molar-refractivity contribution >= 4 is 71.3 Å². The molecule has 8 aromatic rings. The fraction of sp³-hybridized carbons (Fsp3) is 0.242. The maximum atomic E-state index is 6.52. The Labute approximate surface area is 424 Å². The van der Waals surface area contributed by atoms with Gasteiger partial charge in [0, 0.05) is 57.1 Å². The van der Waals surface area contributed by atoms with Crippen LogP contribution < -0.4 is 20.8 Å². The second-order valence-corrected chi connectivity index (χ2v) is 23.0. The van der Waals surface area contributed by atoms with Gasteiger partial charge in [-0.15, -0.1) is 9.24 Å². The van der Waals surface area contributed by atoms with E-state index in [9.17, 15) is 0 Å². The monoisotopic (exact) mass is 947 g/mol. The number of hydrogen-bond donors (Lipinski definition) is 1. The molecule has 1 aliphatic heterocycles. The summed E-state index contributed by atoms with van der Waals surface area (Å²) >= 11 is 0. The molecule has 71 heavy (non-hydrogen) atoms. The van der Waals surface area contributed by atoms with Crippen molar-refractivity contribution in [1.82, 2.24) is 4.57 Å². The summed E-state index contributed by atoms with van der Waals surface area (Å²) in [6.07, 6.45) is 14.3. The summed E-state index contributed by atoms with van der Waals surface area (Å²) in [4.78, 5) is 5.11. The SMILES string of the molecule is Cc1cc(C)c(C(C)(C)C)cc1N(c1ccc(N)cc1)c1cc(-n2c3c(c4cc(-c5ccccc5)ccc42)C=C(C2=CC=CCC2)CC3)cc2c1Cc1cc(C)c(C(C)(C)C)cc1N2c1ccc(P)cc1. The molecule has 11 rings (SSSR count). The molecule has 1 unspecified atom stereocenters. The summed E-state index contributed by atoms with van der Waals surface area (Å²) < 4.78 is 2.62. The average Bonchev–Trinajstić information content (AvgIpc) is 3.67. The van der Waals surface area contributed by atoms with Gasteiger partial charge in [0.1, 0.15) is 0 Å². The number of fused-ring (bicyclic) bond motifs is 5. The third-order valence-corrected chi connectivity index (χ3v) is 15.6. The van der Waals surface area contributed by atoms with E-state index in [-0.39, 0.29) is 10.8 Å².